The summed E-state index contributed by atoms with van der Waals surface area (Å²) in [7, 11) is 0. The molecule has 114 valence electrons. The standard InChI is InChI=1S/C16H16ClN3OS/c17-13-4-2-1-3-12(13)15-5-8-20(9-10-22-15)16(21)14-11-18-6-7-19-14/h1-4,6-7,11,15H,5,8-10H2. The second kappa shape index (κ2) is 7.11. The fourth-order valence-electron chi connectivity index (χ4n) is 2.53. The van der Waals surface area contributed by atoms with Gasteiger partial charge in [0.25, 0.3) is 5.91 Å². The number of hydrogen-bond acceptors (Lipinski definition) is 4. The zero-order valence-electron chi connectivity index (χ0n) is 12.0. The van der Waals surface area contributed by atoms with Gasteiger partial charge in [0.15, 0.2) is 0 Å². The van der Waals surface area contributed by atoms with Crippen molar-refractivity contribution in [2.24, 2.45) is 0 Å². The van der Waals surface area contributed by atoms with Gasteiger partial charge in [-0.1, -0.05) is 29.8 Å². The topological polar surface area (TPSA) is 46.1 Å². The summed E-state index contributed by atoms with van der Waals surface area (Å²) in [6, 6.07) is 7.94. The normalized spacial score (nSPS) is 18.8. The first-order valence-electron chi connectivity index (χ1n) is 7.17. The van der Waals surface area contributed by atoms with Gasteiger partial charge in [0.2, 0.25) is 0 Å². The van der Waals surface area contributed by atoms with Gasteiger partial charge in [-0.2, -0.15) is 11.8 Å². The van der Waals surface area contributed by atoms with Gasteiger partial charge in [-0.15, -0.1) is 0 Å². The third-order valence-electron chi connectivity index (χ3n) is 3.66. The first kappa shape index (κ1) is 15.3. The summed E-state index contributed by atoms with van der Waals surface area (Å²) >= 11 is 8.15. The lowest BCUT2D eigenvalue weighted by molar-refractivity contribution is 0.0760. The van der Waals surface area contributed by atoms with E-state index in [2.05, 4.69) is 16.0 Å². The largest absolute Gasteiger partial charge is 0.336 e. The lowest BCUT2D eigenvalue weighted by Gasteiger charge is -2.19. The molecule has 1 aliphatic rings. The van der Waals surface area contributed by atoms with Crippen LogP contribution < -0.4 is 0 Å². The molecule has 0 radical (unpaired) electrons. The highest BCUT2D eigenvalue weighted by Gasteiger charge is 2.24. The molecular weight excluding hydrogens is 318 g/mol. The highest BCUT2D eigenvalue weighted by molar-refractivity contribution is 7.99. The third-order valence-corrected chi connectivity index (χ3v) is 5.32. The molecular formula is C16H16ClN3OS. The Morgan fingerprint density at radius 1 is 1.27 bits per heavy atom. The molecule has 2 aromatic rings. The zero-order valence-corrected chi connectivity index (χ0v) is 13.6. The second-order valence-electron chi connectivity index (χ2n) is 5.05. The van der Waals surface area contributed by atoms with Crippen LogP contribution in [0.5, 0.6) is 0 Å². The highest BCUT2D eigenvalue weighted by Crippen LogP contribution is 2.37. The highest BCUT2D eigenvalue weighted by atomic mass is 35.5. The van der Waals surface area contributed by atoms with Crippen molar-refractivity contribution in [3.8, 4) is 0 Å². The number of thioether (sulfide) groups is 1. The van der Waals surface area contributed by atoms with Crippen molar-refractivity contribution in [2.45, 2.75) is 11.7 Å². The summed E-state index contributed by atoms with van der Waals surface area (Å²) in [6.07, 6.45) is 5.53. The summed E-state index contributed by atoms with van der Waals surface area (Å²) in [4.78, 5) is 22.4. The van der Waals surface area contributed by atoms with E-state index in [9.17, 15) is 4.79 Å². The van der Waals surface area contributed by atoms with Crippen LogP contribution in [0.3, 0.4) is 0 Å². The molecule has 2 heterocycles. The third kappa shape index (κ3) is 3.42. The number of carbonyl (C=O) groups is 1. The van der Waals surface area contributed by atoms with Crippen LogP contribution in [0, 0.1) is 0 Å². The van der Waals surface area contributed by atoms with Gasteiger partial charge in [0.05, 0.1) is 6.20 Å². The lowest BCUT2D eigenvalue weighted by atomic mass is 10.1. The van der Waals surface area contributed by atoms with Crippen LogP contribution in [0.1, 0.15) is 27.7 Å². The van der Waals surface area contributed by atoms with Gasteiger partial charge in [-0.05, 0) is 18.1 Å². The van der Waals surface area contributed by atoms with E-state index in [0.29, 0.717) is 17.5 Å². The van der Waals surface area contributed by atoms with E-state index < -0.39 is 0 Å². The molecule has 0 saturated carbocycles. The summed E-state index contributed by atoms with van der Waals surface area (Å²) in [5, 5.41) is 1.13. The minimum atomic E-state index is -0.0477. The number of hydrogen-bond donors (Lipinski definition) is 0. The van der Waals surface area contributed by atoms with E-state index in [-0.39, 0.29) is 5.91 Å². The lowest BCUT2D eigenvalue weighted by Crippen LogP contribution is -2.33. The molecule has 0 spiro atoms. The number of carbonyl (C=O) groups excluding carboxylic acids is 1. The molecule has 1 aliphatic heterocycles. The van der Waals surface area contributed by atoms with Crippen LogP contribution >= 0.6 is 23.4 Å². The number of halogens is 1. The van der Waals surface area contributed by atoms with Crippen molar-refractivity contribution in [3.63, 3.8) is 0 Å². The summed E-state index contributed by atoms with van der Waals surface area (Å²) in [6.45, 7) is 1.43. The number of aromatic nitrogens is 2. The quantitative estimate of drug-likeness (QED) is 0.844. The van der Waals surface area contributed by atoms with Crippen molar-refractivity contribution in [2.75, 3.05) is 18.8 Å². The smallest absolute Gasteiger partial charge is 0.274 e. The van der Waals surface area contributed by atoms with E-state index in [1.165, 1.54) is 6.20 Å². The maximum atomic E-state index is 12.5. The molecule has 6 heteroatoms. The Bertz CT molecular complexity index is 653. The van der Waals surface area contributed by atoms with Crippen molar-refractivity contribution in [1.82, 2.24) is 14.9 Å². The molecule has 4 nitrogen and oxygen atoms in total. The average molecular weight is 334 g/mol. The van der Waals surface area contributed by atoms with Crippen molar-refractivity contribution >= 4 is 29.3 Å². The SMILES string of the molecule is O=C(c1cnccn1)N1CCSC(c2ccccc2Cl)CC1. The average Bonchev–Trinajstić information content (AvgIpc) is 2.81. The Labute approximate surface area is 138 Å². The predicted molar refractivity (Wildman–Crippen MR) is 89.2 cm³/mol. The van der Waals surface area contributed by atoms with E-state index in [1.807, 2.05) is 34.9 Å². The first-order valence-corrected chi connectivity index (χ1v) is 8.59. The van der Waals surface area contributed by atoms with E-state index in [1.54, 1.807) is 12.4 Å². The molecule has 1 saturated heterocycles. The fourth-order valence-corrected chi connectivity index (χ4v) is 4.13. The van der Waals surface area contributed by atoms with Crippen molar-refractivity contribution < 1.29 is 4.79 Å². The number of benzene rings is 1. The molecule has 1 aromatic heterocycles. The predicted octanol–water partition coefficient (Wildman–Crippen LogP) is 3.45. The fraction of sp³-hybridized carbons (Fsp3) is 0.312. The number of rotatable bonds is 2. The minimum Gasteiger partial charge on any atom is -0.336 e. The minimum absolute atomic E-state index is 0.0477. The second-order valence-corrected chi connectivity index (χ2v) is 6.77. The van der Waals surface area contributed by atoms with Crippen LogP contribution in [0.2, 0.25) is 5.02 Å². The monoisotopic (exact) mass is 333 g/mol. The first-order chi connectivity index (χ1) is 10.8. The molecule has 0 bridgehead atoms. The van der Waals surface area contributed by atoms with Crippen LogP contribution in [-0.2, 0) is 0 Å². The molecule has 3 rings (SSSR count). The molecule has 1 aromatic carbocycles. The van der Waals surface area contributed by atoms with Crippen LogP contribution in [0.25, 0.3) is 0 Å². The van der Waals surface area contributed by atoms with E-state index >= 15 is 0 Å². The maximum Gasteiger partial charge on any atom is 0.274 e. The summed E-state index contributed by atoms with van der Waals surface area (Å²) in [5.74, 6) is 0.843. The summed E-state index contributed by atoms with van der Waals surface area (Å²) in [5.41, 5.74) is 1.56. The van der Waals surface area contributed by atoms with Crippen LogP contribution in [-0.4, -0.2) is 39.6 Å². The van der Waals surface area contributed by atoms with Gasteiger partial charge < -0.3 is 4.90 Å². The van der Waals surface area contributed by atoms with Gasteiger partial charge in [-0.3, -0.25) is 9.78 Å². The Balaban J connectivity index is 1.70. The number of nitrogens with zero attached hydrogens (tertiary/aromatic N) is 3. The summed E-state index contributed by atoms with van der Waals surface area (Å²) < 4.78 is 0. The van der Waals surface area contributed by atoms with Gasteiger partial charge in [0.1, 0.15) is 5.69 Å². The Morgan fingerprint density at radius 2 is 2.14 bits per heavy atom. The molecule has 1 atom stereocenters. The van der Waals surface area contributed by atoms with Crippen molar-refractivity contribution in [1.29, 1.82) is 0 Å². The molecule has 1 amide bonds. The molecule has 22 heavy (non-hydrogen) atoms. The number of amides is 1. The molecule has 1 unspecified atom stereocenters. The van der Waals surface area contributed by atoms with Gasteiger partial charge >= 0.3 is 0 Å². The Kier molecular flexibility index (Phi) is 4.95. The maximum absolute atomic E-state index is 12.5. The van der Waals surface area contributed by atoms with Crippen LogP contribution in [0.4, 0.5) is 0 Å². The van der Waals surface area contributed by atoms with Crippen molar-refractivity contribution in [3.05, 3.63) is 59.1 Å². The Morgan fingerprint density at radius 3 is 2.91 bits per heavy atom. The van der Waals surface area contributed by atoms with E-state index in [4.69, 9.17) is 11.6 Å². The molecule has 0 aliphatic carbocycles. The Hall–Kier alpha value is -1.59. The molecule has 0 N–H and O–H groups in total. The van der Waals surface area contributed by atoms with Gasteiger partial charge in [0, 0.05) is 41.5 Å². The van der Waals surface area contributed by atoms with E-state index in [0.717, 1.165) is 29.3 Å². The van der Waals surface area contributed by atoms with Crippen LogP contribution in [0.15, 0.2) is 42.9 Å². The molecule has 1 fully saturated rings. The van der Waals surface area contributed by atoms with Gasteiger partial charge in [-0.25, -0.2) is 4.98 Å². The zero-order chi connectivity index (χ0) is 15.4.